The van der Waals surface area contributed by atoms with Crippen LogP contribution in [-0.4, -0.2) is 36.1 Å². The topological polar surface area (TPSA) is 88.4 Å². The van der Waals surface area contributed by atoms with Gasteiger partial charge in [-0.2, -0.15) is 22.8 Å². The molecule has 13 heteroatoms. The number of nitrogens with one attached hydrogen (secondary N) is 2. The first-order valence-corrected chi connectivity index (χ1v) is 14.1. The molecule has 2 aromatic carbocycles. The molecule has 2 aromatic heterocycles. The summed E-state index contributed by atoms with van der Waals surface area (Å²) in [6.45, 7) is 0.743. The maximum absolute atomic E-state index is 12.6. The highest BCUT2D eigenvalue weighted by Crippen LogP contribution is 2.31. The predicted octanol–water partition coefficient (Wildman–Crippen LogP) is 6.61. The van der Waals surface area contributed by atoms with E-state index in [1.807, 2.05) is 24.3 Å². The fourth-order valence-electron chi connectivity index (χ4n) is 3.55. The van der Waals surface area contributed by atoms with E-state index in [2.05, 4.69) is 36.1 Å². The van der Waals surface area contributed by atoms with Crippen molar-refractivity contribution >= 4 is 55.1 Å². The first-order valence-electron chi connectivity index (χ1n) is 11.4. The van der Waals surface area contributed by atoms with Gasteiger partial charge in [-0.1, -0.05) is 41.9 Å². The Morgan fingerprint density at radius 1 is 1.05 bits per heavy atom. The van der Waals surface area contributed by atoms with Crippen molar-refractivity contribution in [3.8, 4) is 11.3 Å². The van der Waals surface area contributed by atoms with Crippen molar-refractivity contribution in [1.29, 1.82) is 0 Å². The number of hydrogen-bond acceptors (Lipinski definition) is 5. The zero-order chi connectivity index (χ0) is 27.3. The van der Waals surface area contributed by atoms with Crippen molar-refractivity contribution in [2.75, 3.05) is 18.4 Å². The van der Waals surface area contributed by atoms with Gasteiger partial charge in [-0.25, -0.2) is 18.1 Å². The summed E-state index contributed by atoms with van der Waals surface area (Å²) in [4.78, 5) is 4.66. The van der Waals surface area contributed by atoms with Gasteiger partial charge < -0.3 is 5.32 Å². The Morgan fingerprint density at radius 2 is 1.76 bits per heavy atom. The fourth-order valence-corrected chi connectivity index (χ4v) is 4.99. The fraction of sp³-hybridized carbons (Fsp3) is 0.200. The highest BCUT2D eigenvalue weighted by molar-refractivity contribution is 9.10. The lowest BCUT2D eigenvalue weighted by molar-refractivity contribution is -0.137. The van der Waals surface area contributed by atoms with Gasteiger partial charge >= 0.3 is 6.18 Å². The summed E-state index contributed by atoms with van der Waals surface area (Å²) in [5.74, 6) is 0.704. The second-order valence-electron chi connectivity index (χ2n) is 8.23. The SMILES string of the molecule is O=S(=O)(C=Cc1ccc(C(F)(F)F)cc1)NCCCCNc1cc(-c2ccccc2Cl)nc2c(Br)cnn12. The molecule has 4 aromatic rings. The van der Waals surface area contributed by atoms with Crippen LogP contribution in [0.4, 0.5) is 19.0 Å². The Kier molecular flexibility index (Phi) is 8.76. The Morgan fingerprint density at radius 3 is 2.47 bits per heavy atom. The number of unbranched alkanes of at least 4 members (excludes halogenated alkanes) is 1. The average molecular weight is 629 g/mol. The molecule has 4 rings (SSSR count). The third kappa shape index (κ3) is 7.13. The molecule has 200 valence electrons. The van der Waals surface area contributed by atoms with Crippen molar-refractivity contribution in [2.45, 2.75) is 19.0 Å². The quantitative estimate of drug-likeness (QED) is 0.193. The average Bonchev–Trinajstić information content (AvgIpc) is 3.25. The van der Waals surface area contributed by atoms with Crippen LogP contribution in [0.15, 0.2) is 70.7 Å². The van der Waals surface area contributed by atoms with Crippen LogP contribution in [0.3, 0.4) is 0 Å². The van der Waals surface area contributed by atoms with Crippen LogP contribution < -0.4 is 10.0 Å². The maximum atomic E-state index is 12.6. The molecule has 0 aliphatic carbocycles. The van der Waals surface area contributed by atoms with Crippen LogP contribution in [0.25, 0.3) is 23.0 Å². The number of sulfonamides is 1. The zero-order valence-corrected chi connectivity index (χ0v) is 22.9. The summed E-state index contributed by atoms with van der Waals surface area (Å²) in [6.07, 6.45) is -0.344. The van der Waals surface area contributed by atoms with Gasteiger partial charge in [0.05, 0.1) is 21.9 Å². The van der Waals surface area contributed by atoms with E-state index in [0.29, 0.717) is 47.1 Å². The highest BCUT2D eigenvalue weighted by atomic mass is 79.9. The van der Waals surface area contributed by atoms with Gasteiger partial charge in [0.15, 0.2) is 5.65 Å². The molecule has 0 fully saturated rings. The minimum Gasteiger partial charge on any atom is -0.370 e. The molecule has 0 aliphatic heterocycles. The highest BCUT2D eigenvalue weighted by Gasteiger charge is 2.29. The molecule has 0 saturated heterocycles. The van der Waals surface area contributed by atoms with Crippen LogP contribution in [0, 0.1) is 0 Å². The molecular formula is C25H22BrClF3N5O2S. The van der Waals surface area contributed by atoms with Crippen LogP contribution in [0.2, 0.25) is 5.02 Å². The molecule has 38 heavy (non-hydrogen) atoms. The maximum Gasteiger partial charge on any atom is 0.416 e. The van der Waals surface area contributed by atoms with Gasteiger partial charge in [-0.3, -0.25) is 0 Å². The van der Waals surface area contributed by atoms with Crippen LogP contribution in [0.1, 0.15) is 24.0 Å². The molecule has 0 unspecified atom stereocenters. The van der Waals surface area contributed by atoms with E-state index in [0.717, 1.165) is 27.6 Å². The number of aromatic nitrogens is 3. The van der Waals surface area contributed by atoms with Gasteiger partial charge in [0.25, 0.3) is 0 Å². The Hall–Kier alpha value is -2.93. The van der Waals surface area contributed by atoms with Gasteiger partial charge in [-0.05, 0) is 58.6 Å². The molecule has 0 saturated carbocycles. The lowest BCUT2D eigenvalue weighted by atomic mass is 10.1. The number of halogens is 5. The van der Waals surface area contributed by atoms with Gasteiger partial charge in [0.1, 0.15) is 5.82 Å². The molecule has 0 amide bonds. The van der Waals surface area contributed by atoms with E-state index >= 15 is 0 Å². The van der Waals surface area contributed by atoms with E-state index in [9.17, 15) is 21.6 Å². The lowest BCUT2D eigenvalue weighted by Crippen LogP contribution is -2.22. The Labute approximate surface area is 230 Å². The molecule has 0 radical (unpaired) electrons. The Balaban J connectivity index is 1.30. The van der Waals surface area contributed by atoms with Crippen LogP contribution >= 0.6 is 27.5 Å². The number of benzene rings is 2. The largest absolute Gasteiger partial charge is 0.416 e. The first kappa shape index (κ1) is 28.1. The molecule has 0 atom stereocenters. The Bertz CT molecular complexity index is 1560. The first-order chi connectivity index (χ1) is 18.0. The number of alkyl halides is 3. The van der Waals surface area contributed by atoms with Crippen molar-refractivity contribution in [3.05, 3.63) is 86.8 Å². The molecule has 7 nitrogen and oxygen atoms in total. The third-order valence-corrected chi connectivity index (χ3v) is 7.46. The van der Waals surface area contributed by atoms with E-state index in [1.54, 1.807) is 16.8 Å². The van der Waals surface area contributed by atoms with Crippen LogP contribution in [0.5, 0.6) is 0 Å². The standard InChI is InChI=1S/C25H22BrClF3N5O2S/c26-20-16-32-35-23(15-22(34-24(20)35)19-5-1-2-6-21(19)27)31-12-3-4-13-33-38(36,37)14-11-17-7-9-18(10-8-17)25(28,29)30/h1-2,5-11,14-16,31,33H,3-4,12-13H2. The molecule has 2 heterocycles. The molecule has 2 N–H and O–H groups in total. The number of hydrogen-bond donors (Lipinski definition) is 2. The summed E-state index contributed by atoms with van der Waals surface area (Å²) in [5.41, 5.74) is 1.64. The summed E-state index contributed by atoms with van der Waals surface area (Å²) in [5, 5.41) is 9.17. The van der Waals surface area contributed by atoms with Gasteiger partial charge in [-0.15, -0.1) is 0 Å². The van der Waals surface area contributed by atoms with Gasteiger partial charge in [0, 0.05) is 35.2 Å². The predicted molar refractivity (Wildman–Crippen MR) is 146 cm³/mol. The number of anilines is 1. The second kappa shape index (κ2) is 11.9. The van der Waals surface area contributed by atoms with E-state index in [1.165, 1.54) is 18.2 Å². The number of rotatable bonds is 10. The van der Waals surface area contributed by atoms with Crippen molar-refractivity contribution in [2.24, 2.45) is 0 Å². The summed E-state index contributed by atoms with van der Waals surface area (Å²) in [6, 6.07) is 13.5. The molecular weight excluding hydrogens is 607 g/mol. The van der Waals surface area contributed by atoms with Crippen LogP contribution in [-0.2, 0) is 16.2 Å². The summed E-state index contributed by atoms with van der Waals surface area (Å²) < 4.78 is 67.2. The van der Waals surface area contributed by atoms with Gasteiger partial charge in [0.2, 0.25) is 10.0 Å². The molecule has 0 bridgehead atoms. The van der Waals surface area contributed by atoms with Crippen molar-refractivity contribution < 1.29 is 21.6 Å². The van der Waals surface area contributed by atoms with E-state index < -0.39 is 21.8 Å². The normalized spacial score (nSPS) is 12.4. The summed E-state index contributed by atoms with van der Waals surface area (Å²) in [7, 11) is -3.74. The molecule has 0 aliphatic rings. The zero-order valence-electron chi connectivity index (χ0n) is 19.7. The number of fused-ring (bicyclic) bond motifs is 1. The monoisotopic (exact) mass is 627 g/mol. The lowest BCUT2D eigenvalue weighted by Gasteiger charge is -2.11. The second-order valence-corrected chi connectivity index (χ2v) is 11.1. The van der Waals surface area contributed by atoms with E-state index in [4.69, 9.17) is 11.6 Å². The number of nitrogens with zero attached hydrogens (tertiary/aromatic N) is 3. The summed E-state index contributed by atoms with van der Waals surface area (Å²) >= 11 is 9.82. The minimum atomic E-state index is -4.44. The molecule has 0 spiro atoms. The third-order valence-electron chi connectivity index (χ3n) is 5.47. The van der Waals surface area contributed by atoms with E-state index in [-0.39, 0.29) is 6.54 Å². The van der Waals surface area contributed by atoms with Crippen molar-refractivity contribution in [3.63, 3.8) is 0 Å². The van der Waals surface area contributed by atoms with Crippen molar-refractivity contribution in [1.82, 2.24) is 19.3 Å². The minimum absolute atomic E-state index is 0.200. The smallest absolute Gasteiger partial charge is 0.370 e.